The molecule has 0 N–H and O–H groups in total. The lowest BCUT2D eigenvalue weighted by Crippen LogP contribution is -2.05. The topological polar surface area (TPSA) is 60.9 Å². The van der Waals surface area contributed by atoms with Crippen LogP contribution in [-0.2, 0) is 13.2 Å². The van der Waals surface area contributed by atoms with Gasteiger partial charge in [-0.3, -0.25) is 0 Å². The van der Waals surface area contributed by atoms with Crippen LogP contribution >= 0.6 is 35.0 Å². The quantitative estimate of drug-likeness (QED) is 0.243. The first-order valence-electron chi connectivity index (χ1n) is 10.0. The Labute approximate surface area is 205 Å². The molecule has 174 valence electrons. The molecule has 1 aromatic carbocycles. The standard InChI is InChI=1S/C22H15Cl2F3N6S/c1-3-34-21-17(20-30-15-8-11(22(25,26)27)10-29-18(15)32(20)2)19-28-7-6-16(33(19)31-21)13-5-4-12(23)9-14(13)24/h4-10H,3H2,1-2H3. The van der Waals surface area contributed by atoms with Crippen molar-refractivity contribution in [3.8, 4) is 22.6 Å². The highest BCUT2D eigenvalue weighted by Crippen LogP contribution is 2.38. The zero-order valence-corrected chi connectivity index (χ0v) is 20.1. The minimum atomic E-state index is -4.51. The molecule has 0 aliphatic carbocycles. The number of benzene rings is 1. The highest BCUT2D eigenvalue weighted by atomic mass is 35.5. The van der Waals surface area contributed by atoms with E-state index in [1.165, 1.54) is 11.8 Å². The van der Waals surface area contributed by atoms with Gasteiger partial charge < -0.3 is 4.57 Å². The number of rotatable bonds is 4. The molecule has 0 saturated carbocycles. The average molecular weight is 523 g/mol. The monoisotopic (exact) mass is 522 g/mol. The Balaban J connectivity index is 1.78. The van der Waals surface area contributed by atoms with Crippen LogP contribution in [0, 0.1) is 0 Å². The van der Waals surface area contributed by atoms with E-state index in [0.29, 0.717) is 54.8 Å². The van der Waals surface area contributed by atoms with Gasteiger partial charge in [0.15, 0.2) is 11.3 Å². The molecule has 0 radical (unpaired) electrons. The van der Waals surface area contributed by atoms with Crippen LogP contribution in [0.25, 0.3) is 39.5 Å². The Morgan fingerprint density at radius 2 is 1.85 bits per heavy atom. The van der Waals surface area contributed by atoms with Crippen LogP contribution in [0.3, 0.4) is 0 Å². The number of thioether (sulfide) groups is 1. The number of aromatic nitrogens is 6. The molecular weight excluding hydrogens is 508 g/mol. The van der Waals surface area contributed by atoms with Gasteiger partial charge in [0.1, 0.15) is 16.4 Å². The summed E-state index contributed by atoms with van der Waals surface area (Å²) in [7, 11) is 1.70. The van der Waals surface area contributed by atoms with Crippen LogP contribution in [0.5, 0.6) is 0 Å². The van der Waals surface area contributed by atoms with Gasteiger partial charge in [-0.1, -0.05) is 30.1 Å². The van der Waals surface area contributed by atoms with Crippen LogP contribution < -0.4 is 0 Å². The number of halogens is 5. The molecule has 5 aromatic rings. The van der Waals surface area contributed by atoms with Crippen molar-refractivity contribution < 1.29 is 13.2 Å². The number of fused-ring (bicyclic) bond motifs is 2. The fourth-order valence-electron chi connectivity index (χ4n) is 3.72. The Morgan fingerprint density at radius 1 is 1.06 bits per heavy atom. The fraction of sp³-hybridized carbons (Fsp3) is 0.182. The first-order chi connectivity index (χ1) is 16.2. The van der Waals surface area contributed by atoms with Crippen molar-refractivity contribution in [3.05, 3.63) is 58.3 Å². The van der Waals surface area contributed by atoms with E-state index in [-0.39, 0.29) is 5.52 Å². The van der Waals surface area contributed by atoms with Crippen molar-refractivity contribution in [3.63, 3.8) is 0 Å². The molecule has 0 aliphatic heterocycles. The largest absolute Gasteiger partial charge is 0.417 e. The fourth-order valence-corrected chi connectivity index (χ4v) is 4.96. The summed E-state index contributed by atoms with van der Waals surface area (Å²) in [4.78, 5) is 13.0. The SMILES string of the molecule is CCSc1nn2c(-c3ccc(Cl)cc3Cl)ccnc2c1-c1nc2cc(C(F)(F)F)cnc2n1C. The molecule has 5 rings (SSSR count). The van der Waals surface area contributed by atoms with Gasteiger partial charge in [-0.2, -0.15) is 18.3 Å². The molecule has 0 saturated heterocycles. The number of pyridine rings is 1. The van der Waals surface area contributed by atoms with Gasteiger partial charge >= 0.3 is 6.18 Å². The Kier molecular flexibility index (Phi) is 5.70. The van der Waals surface area contributed by atoms with E-state index in [9.17, 15) is 13.2 Å². The van der Waals surface area contributed by atoms with E-state index in [0.717, 1.165) is 12.3 Å². The van der Waals surface area contributed by atoms with Gasteiger partial charge in [-0.05, 0) is 36.1 Å². The van der Waals surface area contributed by atoms with Crippen molar-refractivity contribution in [1.29, 1.82) is 0 Å². The Hall–Kier alpha value is -2.82. The normalized spacial score (nSPS) is 12.2. The molecule has 0 spiro atoms. The van der Waals surface area contributed by atoms with Gasteiger partial charge in [0, 0.05) is 30.0 Å². The third-order valence-electron chi connectivity index (χ3n) is 5.23. The number of imidazole rings is 1. The third kappa shape index (κ3) is 3.79. The number of aryl methyl sites for hydroxylation is 1. The summed E-state index contributed by atoms with van der Waals surface area (Å²) in [5.41, 5.74) is 2.10. The zero-order chi connectivity index (χ0) is 24.2. The molecule has 0 bridgehead atoms. The molecule has 0 unspecified atom stereocenters. The van der Waals surface area contributed by atoms with Crippen molar-refractivity contribution in [2.24, 2.45) is 7.05 Å². The molecule has 4 heterocycles. The summed E-state index contributed by atoms with van der Waals surface area (Å²) in [6.45, 7) is 1.98. The van der Waals surface area contributed by atoms with Gasteiger partial charge in [-0.15, -0.1) is 11.8 Å². The van der Waals surface area contributed by atoms with E-state index >= 15 is 0 Å². The molecule has 6 nitrogen and oxygen atoms in total. The maximum Gasteiger partial charge on any atom is 0.417 e. The molecule has 4 aromatic heterocycles. The second-order valence-electron chi connectivity index (χ2n) is 7.36. The van der Waals surface area contributed by atoms with Gasteiger partial charge in [-0.25, -0.2) is 19.5 Å². The molecular formula is C22H15Cl2F3N6S. The van der Waals surface area contributed by atoms with Gasteiger partial charge in [0.2, 0.25) is 0 Å². The zero-order valence-electron chi connectivity index (χ0n) is 17.7. The second kappa shape index (κ2) is 8.44. The van der Waals surface area contributed by atoms with E-state index < -0.39 is 11.7 Å². The molecule has 0 atom stereocenters. The first-order valence-corrected chi connectivity index (χ1v) is 11.8. The number of hydrogen-bond acceptors (Lipinski definition) is 5. The maximum atomic E-state index is 13.2. The highest BCUT2D eigenvalue weighted by Gasteiger charge is 2.32. The summed E-state index contributed by atoms with van der Waals surface area (Å²) < 4.78 is 42.9. The van der Waals surface area contributed by atoms with Crippen molar-refractivity contribution in [2.45, 2.75) is 18.1 Å². The van der Waals surface area contributed by atoms with E-state index in [4.69, 9.17) is 28.3 Å². The Bertz CT molecular complexity index is 1560. The van der Waals surface area contributed by atoms with Gasteiger partial charge in [0.25, 0.3) is 0 Å². The molecule has 0 aliphatic rings. The lowest BCUT2D eigenvalue weighted by molar-refractivity contribution is -0.137. The smallest absolute Gasteiger partial charge is 0.312 e. The Morgan fingerprint density at radius 3 is 2.56 bits per heavy atom. The lowest BCUT2D eigenvalue weighted by atomic mass is 10.1. The van der Waals surface area contributed by atoms with E-state index in [1.54, 1.807) is 46.6 Å². The summed E-state index contributed by atoms with van der Waals surface area (Å²) >= 11 is 14.0. The predicted octanol–water partition coefficient (Wildman–Crippen LogP) is 6.78. The summed E-state index contributed by atoms with van der Waals surface area (Å²) in [5.74, 6) is 1.13. The van der Waals surface area contributed by atoms with Crippen LogP contribution in [0.15, 0.2) is 47.8 Å². The highest BCUT2D eigenvalue weighted by molar-refractivity contribution is 7.99. The molecule has 34 heavy (non-hydrogen) atoms. The summed E-state index contributed by atoms with van der Waals surface area (Å²) in [6, 6.07) is 7.95. The third-order valence-corrected chi connectivity index (χ3v) is 6.63. The van der Waals surface area contributed by atoms with Crippen LogP contribution in [0.4, 0.5) is 13.2 Å². The summed E-state index contributed by atoms with van der Waals surface area (Å²) in [6.07, 6.45) is -2.07. The minimum absolute atomic E-state index is 0.135. The van der Waals surface area contributed by atoms with Crippen LogP contribution in [0.1, 0.15) is 12.5 Å². The number of nitrogens with zero attached hydrogens (tertiary/aromatic N) is 6. The molecule has 0 fully saturated rings. The lowest BCUT2D eigenvalue weighted by Gasteiger charge is -2.07. The number of alkyl halides is 3. The maximum absolute atomic E-state index is 13.2. The average Bonchev–Trinajstić information content (AvgIpc) is 3.30. The minimum Gasteiger partial charge on any atom is -0.312 e. The van der Waals surface area contributed by atoms with Crippen LogP contribution in [-0.4, -0.2) is 34.9 Å². The predicted molar refractivity (Wildman–Crippen MR) is 127 cm³/mol. The van der Waals surface area contributed by atoms with Crippen molar-refractivity contribution in [2.75, 3.05) is 5.75 Å². The van der Waals surface area contributed by atoms with Gasteiger partial charge in [0.05, 0.1) is 21.8 Å². The van der Waals surface area contributed by atoms with Crippen LogP contribution in [0.2, 0.25) is 10.0 Å². The van der Waals surface area contributed by atoms with Crippen molar-refractivity contribution >= 4 is 51.8 Å². The van der Waals surface area contributed by atoms with E-state index in [2.05, 4.69) is 15.0 Å². The first kappa shape index (κ1) is 22.9. The molecule has 12 heteroatoms. The molecule has 0 amide bonds. The second-order valence-corrected chi connectivity index (χ2v) is 9.46. The summed E-state index contributed by atoms with van der Waals surface area (Å²) in [5, 5.41) is 6.36. The van der Waals surface area contributed by atoms with E-state index in [1.807, 2.05) is 6.92 Å². The van der Waals surface area contributed by atoms with Crippen molar-refractivity contribution in [1.82, 2.24) is 29.1 Å². The number of hydrogen-bond donors (Lipinski definition) is 0.